The van der Waals surface area contributed by atoms with Crippen LogP contribution >= 0.6 is 11.8 Å². The fourth-order valence-corrected chi connectivity index (χ4v) is 3.37. The van der Waals surface area contributed by atoms with Gasteiger partial charge < -0.3 is 20.3 Å². The lowest BCUT2D eigenvalue weighted by atomic mass is 10.1. The second-order valence-electron chi connectivity index (χ2n) is 6.15. The molecule has 3 N–H and O–H groups in total. The van der Waals surface area contributed by atoms with Crippen molar-refractivity contribution in [2.45, 2.75) is 23.3 Å². The Kier molecular flexibility index (Phi) is 8.44. The molecular weight excluding hydrogens is 433 g/mol. The van der Waals surface area contributed by atoms with Gasteiger partial charge in [0, 0.05) is 23.7 Å². The summed E-state index contributed by atoms with van der Waals surface area (Å²) in [5.41, 5.74) is 0.348. The number of aliphatic hydroxyl groups is 1. The SMILES string of the molecule is O=C(O)C(F)(F)F.OC(CNCC1CSc2ccccc2O1)c1ccc(F)c(F)c1. The zero-order chi connectivity index (χ0) is 22.3. The van der Waals surface area contributed by atoms with Crippen molar-refractivity contribution in [1.29, 1.82) is 0 Å². The first-order valence-corrected chi connectivity index (χ1v) is 9.58. The fourth-order valence-electron chi connectivity index (χ4n) is 2.38. The monoisotopic (exact) mass is 451 g/mol. The first-order valence-electron chi connectivity index (χ1n) is 8.60. The van der Waals surface area contributed by atoms with E-state index in [0.717, 1.165) is 28.5 Å². The molecule has 0 radical (unpaired) electrons. The van der Waals surface area contributed by atoms with Crippen molar-refractivity contribution >= 4 is 17.7 Å². The summed E-state index contributed by atoms with van der Waals surface area (Å²) in [7, 11) is 0. The number of carbonyl (C=O) groups is 1. The number of carboxylic acid groups (broad SMARTS) is 1. The molecule has 1 aliphatic rings. The van der Waals surface area contributed by atoms with Gasteiger partial charge in [-0.1, -0.05) is 18.2 Å². The molecule has 2 aromatic carbocycles. The maximum Gasteiger partial charge on any atom is 0.490 e. The third-order valence-corrected chi connectivity index (χ3v) is 5.03. The van der Waals surface area contributed by atoms with Gasteiger partial charge in [0.25, 0.3) is 0 Å². The van der Waals surface area contributed by atoms with Gasteiger partial charge in [-0.25, -0.2) is 13.6 Å². The molecule has 11 heteroatoms. The van der Waals surface area contributed by atoms with Crippen LogP contribution in [0.3, 0.4) is 0 Å². The number of halogens is 5. The molecule has 0 aliphatic carbocycles. The first-order chi connectivity index (χ1) is 14.1. The van der Waals surface area contributed by atoms with Gasteiger partial charge in [-0.05, 0) is 29.8 Å². The van der Waals surface area contributed by atoms with Gasteiger partial charge in [0.2, 0.25) is 0 Å². The molecule has 2 aromatic rings. The molecule has 0 aromatic heterocycles. The van der Waals surface area contributed by atoms with Crippen molar-refractivity contribution in [2.75, 3.05) is 18.8 Å². The minimum Gasteiger partial charge on any atom is -0.487 e. The molecule has 0 amide bonds. The van der Waals surface area contributed by atoms with E-state index in [0.29, 0.717) is 12.1 Å². The Bertz CT molecular complexity index is 865. The number of carboxylic acids is 1. The van der Waals surface area contributed by atoms with E-state index in [1.807, 2.05) is 24.3 Å². The number of ether oxygens (including phenoxy) is 1. The zero-order valence-corrected chi connectivity index (χ0v) is 16.1. The lowest BCUT2D eigenvalue weighted by Gasteiger charge is -2.26. The normalized spacial score (nSPS) is 16.5. The number of thioether (sulfide) groups is 1. The predicted molar refractivity (Wildman–Crippen MR) is 99.5 cm³/mol. The topological polar surface area (TPSA) is 78.8 Å². The van der Waals surface area contributed by atoms with Gasteiger partial charge >= 0.3 is 12.1 Å². The minimum atomic E-state index is -5.08. The number of aliphatic carboxylic acids is 1. The molecule has 5 nitrogen and oxygen atoms in total. The van der Waals surface area contributed by atoms with E-state index < -0.39 is 29.9 Å². The summed E-state index contributed by atoms with van der Waals surface area (Å²) >= 11 is 1.74. The lowest BCUT2D eigenvalue weighted by molar-refractivity contribution is -0.192. The number of hydrogen-bond donors (Lipinski definition) is 3. The molecular formula is C19H18F5NO4S. The average molecular weight is 451 g/mol. The number of benzene rings is 2. The highest BCUT2D eigenvalue weighted by molar-refractivity contribution is 7.99. The van der Waals surface area contributed by atoms with Crippen LogP contribution < -0.4 is 10.1 Å². The molecule has 0 spiro atoms. The van der Waals surface area contributed by atoms with Crippen LogP contribution in [0.5, 0.6) is 5.75 Å². The summed E-state index contributed by atoms with van der Waals surface area (Å²) in [6.07, 6.45) is -5.97. The zero-order valence-electron chi connectivity index (χ0n) is 15.3. The predicted octanol–water partition coefficient (Wildman–Crippen LogP) is 3.77. The second-order valence-corrected chi connectivity index (χ2v) is 7.21. The maximum atomic E-state index is 13.2. The van der Waals surface area contributed by atoms with Gasteiger partial charge in [0.05, 0.1) is 6.10 Å². The minimum absolute atomic E-state index is 0.00653. The van der Waals surface area contributed by atoms with Crippen LogP contribution in [0.15, 0.2) is 47.4 Å². The average Bonchev–Trinajstić information content (AvgIpc) is 2.69. The van der Waals surface area contributed by atoms with E-state index in [1.54, 1.807) is 11.8 Å². The number of nitrogens with one attached hydrogen (secondary N) is 1. The first kappa shape index (κ1) is 23.9. The molecule has 0 bridgehead atoms. The van der Waals surface area contributed by atoms with E-state index in [-0.39, 0.29) is 12.6 Å². The summed E-state index contributed by atoms with van der Waals surface area (Å²) in [6.45, 7) is 0.819. The molecule has 0 fully saturated rings. The Morgan fingerprint density at radius 2 is 1.87 bits per heavy atom. The quantitative estimate of drug-likeness (QED) is 0.601. The summed E-state index contributed by atoms with van der Waals surface area (Å²) in [5, 5.41) is 20.3. The van der Waals surface area contributed by atoms with Crippen LogP contribution in [0.1, 0.15) is 11.7 Å². The molecule has 1 aliphatic heterocycles. The van der Waals surface area contributed by atoms with Crippen molar-refractivity contribution in [3.05, 3.63) is 59.7 Å². The number of hydrogen-bond acceptors (Lipinski definition) is 5. The molecule has 3 rings (SSSR count). The Morgan fingerprint density at radius 1 is 1.20 bits per heavy atom. The smallest absolute Gasteiger partial charge is 0.487 e. The van der Waals surface area contributed by atoms with Crippen molar-refractivity contribution in [1.82, 2.24) is 5.32 Å². The highest BCUT2D eigenvalue weighted by Gasteiger charge is 2.38. The summed E-state index contributed by atoms with van der Waals surface area (Å²) < 4.78 is 63.7. The largest absolute Gasteiger partial charge is 0.490 e. The van der Waals surface area contributed by atoms with E-state index in [4.69, 9.17) is 14.6 Å². The van der Waals surface area contributed by atoms with E-state index in [9.17, 15) is 27.1 Å². The third kappa shape index (κ3) is 7.15. The van der Waals surface area contributed by atoms with Crippen molar-refractivity contribution in [3.63, 3.8) is 0 Å². The van der Waals surface area contributed by atoms with E-state index >= 15 is 0 Å². The molecule has 2 atom stereocenters. The number of para-hydroxylation sites is 1. The number of fused-ring (bicyclic) bond motifs is 1. The summed E-state index contributed by atoms with van der Waals surface area (Å²) in [4.78, 5) is 10.0. The van der Waals surface area contributed by atoms with Gasteiger partial charge in [-0.2, -0.15) is 13.2 Å². The maximum absolute atomic E-state index is 13.2. The van der Waals surface area contributed by atoms with Gasteiger partial charge in [0.1, 0.15) is 11.9 Å². The Balaban J connectivity index is 0.000000396. The summed E-state index contributed by atoms with van der Waals surface area (Å²) in [6, 6.07) is 11.3. The van der Waals surface area contributed by atoms with E-state index in [2.05, 4.69) is 5.32 Å². The molecule has 2 unspecified atom stereocenters. The molecule has 0 saturated heterocycles. The second kappa shape index (κ2) is 10.6. The van der Waals surface area contributed by atoms with Crippen LogP contribution in [-0.4, -0.2) is 47.3 Å². The Labute approximate surface area is 172 Å². The van der Waals surface area contributed by atoms with Crippen LogP contribution in [-0.2, 0) is 4.79 Å². The van der Waals surface area contributed by atoms with Crippen molar-refractivity contribution in [2.24, 2.45) is 0 Å². The van der Waals surface area contributed by atoms with Gasteiger partial charge in [-0.15, -0.1) is 11.8 Å². The Hall–Kier alpha value is -2.37. The molecule has 0 saturated carbocycles. The lowest BCUT2D eigenvalue weighted by Crippen LogP contribution is -2.36. The van der Waals surface area contributed by atoms with Crippen molar-refractivity contribution < 1.29 is 41.7 Å². The number of alkyl halides is 3. The van der Waals surface area contributed by atoms with Gasteiger partial charge in [-0.3, -0.25) is 0 Å². The van der Waals surface area contributed by atoms with Crippen LogP contribution in [0.25, 0.3) is 0 Å². The number of rotatable bonds is 5. The Morgan fingerprint density at radius 3 is 2.50 bits per heavy atom. The highest BCUT2D eigenvalue weighted by atomic mass is 32.2. The molecule has 30 heavy (non-hydrogen) atoms. The molecule has 1 heterocycles. The van der Waals surface area contributed by atoms with E-state index in [1.165, 1.54) is 6.07 Å². The standard InChI is InChI=1S/C17H17F2NO2S.C2HF3O2/c18-13-6-5-11(7-14(13)19)15(21)9-20-8-12-10-23-17-4-2-1-3-16(17)22-12;3-2(4,5)1(6)7/h1-7,12,15,20-21H,8-10H2;(H,6,7). The molecule has 164 valence electrons. The van der Waals surface area contributed by atoms with Crippen LogP contribution in [0.2, 0.25) is 0 Å². The van der Waals surface area contributed by atoms with Crippen LogP contribution in [0, 0.1) is 11.6 Å². The fraction of sp³-hybridized carbons (Fsp3) is 0.316. The third-order valence-electron chi connectivity index (χ3n) is 3.85. The summed E-state index contributed by atoms with van der Waals surface area (Å²) in [5.74, 6) is -2.93. The van der Waals surface area contributed by atoms with Gasteiger partial charge in [0.15, 0.2) is 11.6 Å². The van der Waals surface area contributed by atoms with Crippen LogP contribution in [0.4, 0.5) is 22.0 Å². The number of aliphatic hydroxyl groups excluding tert-OH is 1. The van der Waals surface area contributed by atoms with Crippen molar-refractivity contribution in [3.8, 4) is 5.75 Å². The highest BCUT2D eigenvalue weighted by Crippen LogP contribution is 2.34.